The SMILES string of the molecule is CCCNC(=O)[C@H]1CN(C(=O)c2ccc(Cl)cc2)C[C@@H]1c1cccc(OC)c1OC. The molecule has 2 aromatic rings. The summed E-state index contributed by atoms with van der Waals surface area (Å²) in [5, 5.41) is 3.55. The van der Waals surface area contributed by atoms with Crippen LogP contribution in [0.5, 0.6) is 11.5 Å². The van der Waals surface area contributed by atoms with E-state index in [1.54, 1.807) is 43.4 Å². The van der Waals surface area contributed by atoms with E-state index in [1.165, 1.54) is 0 Å². The Balaban J connectivity index is 1.94. The minimum atomic E-state index is -0.381. The highest BCUT2D eigenvalue weighted by molar-refractivity contribution is 6.30. The van der Waals surface area contributed by atoms with Crippen molar-refractivity contribution < 1.29 is 19.1 Å². The first kappa shape index (κ1) is 22.0. The van der Waals surface area contributed by atoms with Crippen LogP contribution in [0.2, 0.25) is 5.02 Å². The molecule has 0 spiro atoms. The zero-order valence-electron chi connectivity index (χ0n) is 17.5. The summed E-state index contributed by atoms with van der Waals surface area (Å²) in [6.07, 6.45) is 0.846. The maximum absolute atomic E-state index is 13.1. The molecule has 0 aromatic heterocycles. The van der Waals surface area contributed by atoms with Crippen LogP contribution in [-0.2, 0) is 4.79 Å². The first-order valence-corrected chi connectivity index (χ1v) is 10.4. The van der Waals surface area contributed by atoms with Crippen molar-refractivity contribution in [1.29, 1.82) is 0 Å². The number of ether oxygens (including phenoxy) is 2. The van der Waals surface area contributed by atoms with Gasteiger partial charge in [-0.1, -0.05) is 30.7 Å². The number of para-hydroxylation sites is 1. The molecule has 0 aliphatic carbocycles. The Hall–Kier alpha value is -2.73. The fourth-order valence-corrected chi connectivity index (χ4v) is 4.03. The monoisotopic (exact) mass is 430 g/mol. The molecule has 30 heavy (non-hydrogen) atoms. The fraction of sp³-hybridized carbons (Fsp3) is 0.391. The Kier molecular flexibility index (Phi) is 7.21. The second-order valence-corrected chi connectivity index (χ2v) is 7.74. The van der Waals surface area contributed by atoms with Crippen molar-refractivity contribution in [2.45, 2.75) is 19.3 Å². The van der Waals surface area contributed by atoms with Gasteiger partial charge in [0.25, 0.3) is 5.91 Å². The van der Waals surface area contributed by atoms with E-state index in [2.05, 4.69) is 5.32 Å². The third-order valence-corrected chi connectivity index (χ3v) is 5.67. The predicted octanol–water partition coefficient (Wildman–Crippen LogP) is 3.74. The van der Waals surface area contributed by atoms with Gasteiger partial charge in [-0.05, 0) is 36.8 Å². The summed E-state index contributed by atoms with van der Waals surface area (Å²) in [6, 6.07) is 12.4. The van der Waals surface area contributed by atoms with Gasteiger partial charge in [0.15, 0.2) is 11.5 Å². The van der Waals surface area contributed by atoms with Crippen molar-refractivity contribution in [3.8, 4) is 11.5 Å². The average molecular weight is 431 g/mol. The van der Waals surface area contributed by atoms with Gasteiger partial charge in [0.1, 0.15) is 0 Å². The van der Waals surface area contributed by atoms with E-state index in [0.717, 1.165) is 12.0 Å². The molecule has 1 aliphatic rings. The van der Waals surface area contributed by atoms with Gasteiger partial charge in [-0.3, -0.25) is 9.59 Å². The Labute approximate surface area is 182 Å². The van der Waals surface area contributed by atoms with E-state index in [9.17, 15) is 9.59 Å². The first-order chi connectivity index (χ1) is 14.5. The van der Waals surface area contributed by atoms with Crippen LogP contribution in [0.3, 0.4) is 0 Å². The van der Waals surface area contributed by atoms with E-state index in [4.69, 9.17) is 21.1 Å². The number of likely N-dealkylation sites (tertiary alicyclic amines) is 1. The number of hydrogen-bond acceptors (Lipinski definition) is 4. The van der Waals surface area contributed by atoms with Crippen molar-refractivity contribution >= 4 is 23.4 Å². The molecule has 0 radical (unpaired) electrons. The van der Waals surface area contributed by atoms with Crippen LogP contribution < -0.4 is 14.8 Å². The van der Waals surface area contributed by atoms with Crippen molar-refractivity contribution in [2.24, 2.45) is 5.92 Å². The molecule has 1 N–H and O–H groups in total. The summed E-state index contributed by atoms with van der Waals surface area (Å²) < 4.78 is 11.0. The fourth-order valence-electron chi connectivity index (χ4n) is 3.91. The maximum Gasteiger partial charge on any atom is 0.253 e. The number of nitrogens with zero attached hydrogens (tertiary/aromatic N) is 1. The van der Waals surface area contributed by atoms with Crippen LogP contribution in [0.1, 0.15) is 35.2 Å². The van der Waals surface area contributed by atoms with Gasteiger partial charge in [-0.15, -0.1) is 0 Å². The number of amides is 2. The van der Waals surface area contributed by atoms with Crippen LogP contribution >= 0.6 is 11.6 Å². The molecule has 2 amide bonds. The van der Waals surface area contributed by atoms with E-state index in [1.807, 2.05) is 25.1 Å². The molecule has 1 aliphatic heterocycles. The molecule has 6 nitrogen and oxygen atoms in total. The lowest BCUT2D eigenvalue weighted by Crippen LogP contribution is -2.36. The van der Waals surface area contributed by atoms with Crippen molar-refractivity contribution in [1.82, 2.24) is 10.2 Å². The summed E-state index contributed by atoms with van der Waals surface area (Å²) in [4.78, 5) is 27.8. The minimum Gasteiger partial charge on any atom is -0.493 e. The molecule has 1 heterocycles. The summed E-state index contributed by atoms with van der Waals surface area (Å²) in [7, 11) is 3.16. The summed E-state index contributed by atoms with van der Waals surface area (Å²) in [5.74, 6) is 0.434. The number of benzene rings is 2. The second-order valence-electron chi connectivity index (χ2n) is 7.30. The van der Waals surface area contributed by atoms with Crippen LogP contribution in [0.15, 0.2) is 42.5 Å². The molecule has 1 fully saturated rings. The molecule has 3 rings (SSSR count). The quantitative estimate of drug-likeness (QED) is 0.726. The number of carbonyl (C=O) groups is 2. The molecule has 0 unspecified atom stereocenters. The summed E-state index contributed by atoms with van der Waals surface area (Å²) in [5.41, 5.74) is 1.41. The third-order valence-electron chi connectivity index (χ3n) is 5.42. The zero-order chi connectivity index (χ0) is 21.7. The first-order valence-electron chi connectivity index (χ1n) is 10.0. The van der Waals surface area contributed by atoms with Gasteiger partial charge < -0.3 is 19.7 Å². The Morgan fingerprint density at radius 2 is 1.83 bits per heavy atom. The molecule has 1 saturated heterocycles. The smallest absolute Gasteiger partial charge is 0.253 e. The van der Waals surface area contributed by atoms with E-state index in [-0.39, 0.29) is 23.7 Å². The van der Waals surface area contributed by atoms with E-state index in [0.29, 0.717) is 41.7 Å². The Bertz CT molecular complexity index is 901. The van der Waals surface area contributed by atoms with Crippen LogP contribution in [0.25, 0.3) is 0 Å². The highest BCUT2D eigenvalue weighted by atomic mass is 35.5. The maximum atomic E-state index is 13.1. The number of nitrogens with one attached hydrogen (secondary N) is 1. The summed E-state index contributed by atoms with van der Waals surface area (Å²) >= 11 is 5.95. The van der Waals surface area contributed by atoms with Crippen LogP contribution in [0, 0.1) is 5.92 Å². The molecule has 160 valence electrons. The van der Waals surface area contributed by atoms with Gasteiger partial charge >= 0.3 is 0 Å². The van der Waals surface area contributed by atoms with Crippen LogP contribution in [-0.4, -0.2) is 50.6 Å². The number of hydrogen-bond donors (Lipinski definition) is 1. The number of carbonyl (C=O) groups excluding carboxylic acids is 2. The summed E-state index contributed by atoms with van der Waals surface area (Å²) in [6.45, 7) is 3.35. The largest absolute Gasteiger partial charge is 0.493 e. The van der Waals surface area contributed by atoms with Crippen molar-refractivity contribution in [3.05, 3.63) is 58.6 Å². The van der Waals surface area contributed by atoms with Crippen molar-refractivity contribution in [3.63, 3.8) is 0 Å². The van der Waals surface area contributed by atoms with Gasteiger partial charge in [-0.2, -0.15) is 0 Å². The molecule has 0 saturated carbocycles. The topological polar surface area (TPSA) is 67.9 Å². The van der Waals surface area contributed by atoms with Gasteiger partial charge in [0, 0.05) is 41.7 Å². The van der Waals surface area contributed by atoms with Gasteiger partial charge in [-0.25, -0.2) is 0 Å². The lowest BCUT2D eigenvalue weighted by Gasteiger charge is -2.21. The minimum absolute atomic E-state index is 0.0573. The zero-order valence-corrected chi connectivity index (χ0v) is 18.2. The average Bonchev–Trinajstić information content (AvgIpc) is 3.22. The number of methoxy groups -OCH3 is 2. The highest BCUT2D eigenvalue weighted by Gasteiger charge is 2.42. The lowest BCUT2D eigenvalue weighted by atomic mass is 9.87. The predicted molar refractivity (Wildman–Crippen MR) is 116 cm³/mol. The van der Waals surface area contributed by atoms with Gasteiger partial charge in [0.05, 0.1) is 20.1 Å². The Morgan fingerprint density at radius 1 is 1.10 bits per heavy atom. The molecular formula is C23H27ClN2O4. The van der Waals surface area contributed by atoms with Crippen molar-refractivity contribution in [2.75, 3.05) is 33.9 Å². The molecule has 2 atom stereocenters. The molecule has 2 aromatic carbocycles. The van der Waals surface area contributed by atoms with E-state index >= 15 is 0 Å². The lowest BCUT2D eigenvalue weighted by molar-refractivity contribution is -0.124. The molecule has 7 heteroatoms. The number of rotatable bonds is 7. The third kappa shape index (κ3) is 4.54. The standard InChI is InChI=1S/C23H27ClN2O4/c1-4-12-25-22(27)19-14-26(23(28)15-8-10-16(24)11-9-15)13-18(19)17-6-5-7-20(29-2)21(17)30-3/h5-11,18-19H,4,12-14H2,1-3H3,(H,25,27)/t18-,19+/m1/s1. The normalized spacial score (nSPS) is 18.2. The highest BCUT2D eigenvalue weighted by Crippen LogP contribution is 2.42. The molecule has 0 bridgehead atoms. The van der Waals surface area contributed by atoms with E-state index < -0.39 is 0 Å². The van der Waals surface area contributed by atoms with Crippen LogP contribution in [0.4, 0.5) is 0 Å². The number of halogens is 1. The molecular weight excluding hydrogens is 404 g/mol. The van der Waals surface area contributed by atoms with Gasteiger partial charge in [0.2, 0.25) is 5.91 Å². The second kappa shape index (κ2) is 9.85. The Morgan fingerprint density at radius 3 is 2.47 bits per heavy atom.